The van der Waals surface area contributed by atoms with Gasteiger partial charge in [0.05, 0.1) is 4.90 Å². The number of rotatable bonds is 3. The number of nitrogens with one attached hydrogen (secondary N) is 2. The van der Waals surface area contributed by atoms with E-state index in [9.17, 15) is 8.42 Å². The lowest BCUT2D eigenvalue weighted by Crippen LogP contribution is -2.32. The zero-order chi connectivity index (χ0) is 12.9. The van der Waals surface area contributed by atoms with Gasteiger partial charge in [0.25, 0.3) is 0 Å². The number of halogens is 3. The van der Waals surface area contributed by atoms with E-state index in [1.165, 1.54) is 18.2 Å². The van der Waals surface area contributed by atoms with Gasteiger partial charge in [-0.2, -0.15) is 0 Å². The first-order valence-corrected chi connectivity index (χ1v) is 7.90. The smallest absolute Gasteiger partial charge is 0.240 e. The third-order valence-corrected chi connectivity index (χ3v) is 5.40. The molecular weight excluding hydrogens is 331 g/mol. The van der Waals surface area contributed by atoms with Gasteiger partial charge in [-0.05, 0) is 43.1 Å². The van der Waals surface area contributed by atoms with Crippen LogP contribution in [0, 0.1) is 11.8 Å². The zero-order valence-corrected chi connectivity index (χ0v) is 12.9. The van der Waals surface area contributed by atoms with Crippen molar-refractivity contribution in [1.82, 2.24) is 10.0 Å². The third kappa shape index (κ3) is 3.01. The van der Waals surface area contributed by atoms with Crippen LogP contribution in [-0.2, 0) is 10.0 Å². The summed E-state index contributed by atoms with van der Waals surface area (Å²) in [4.78, 5) is 0.123. The number of fused-ring (bicyclic) bond motifs is 1. The molecule has 2 N–H and O–H groups in total. The first kappa shape index (κ1) is 15.4. The average molecular weight is 344 g/mol. The van der Waals surface area contributed by atoms with Crippen molar-refractivity contribution in [1.29, 1.82) is 0 Å². The fourth-order valence-corrected chi connectivity index (χ4v) is 4.59. The van der Waals surface area contributed by atoms with Crippen LogP contribution in [0.5, 0.6) is 0 Å². The SMILES string of the molecule is Cl.O=S(=O)(NC1C2CNCC21)c1cc(Cl)cc(Cl)c1. The predicted molar refractivity (Wildman–Crippen MR) is 77.7 cm³/mol. The van der Waals surface area contributed by atoms with Gasteiger partial charge in [0.15, 0.2) is 0 Å². The van der Waals surface area contributed by atoms with E-state index in [-0.39, 0.29) is 23.3 Å². The van der Waals surface area contributed by atoms with E-state index in [1.807, 2.05) is 0 Å². The van der Waals surface area contributed by atoms with Gasteiger partial charge in [0.1, 0.15) is 0 Å². The summed E-state index contributed by atoms with van der Waals surface area (Å²) in [6, 6.07) is 4.38. The largest absolute Gasteiger partial charge is 0.316 e. The van der Waals surface area contributed by atoms with Gasteiger partial charge >= 0.3 is 0 Å². The van der Waals surface area contributed by atoms with Crippen LogP contribution in [-0.4, -0.2) is 27.5 Å². The van der Waals surface area contributed by atoms with Crippen molar-refractivity contribution in [3.63, 3.8) is 0 Å². The van der Waals surface area contributed by atoms with Gasteiger partial charge in [-0.3, -0.25) is 0 Å². The van der Waals surface area contributed by atoms with Crippen molar-refractivity contribution in [2.24, 2.45) is 11.8 Å². The van der Waals surface area contributed by atoms with E-state index in [4.69, 9.17) is 23.2 Å². The van der Waals surface area contributed by atoms with Crippen LogP contribution >= 0.6 is 35.6 Å². The monoisotopic (exact) mass is 342 g/mol. The van der Waals surface area contributed by atoms with Crippen molar-refractivity contribution in [3.8, 4) is 0 Å². The molecule has 2 fully saturated rings. The molecule has 8 heteroatoms. The summed E-state index contributed by atoms with van der Waals surface area (Å²) in [5, 5.41) is 3.86. The Labute approximate surface area is 128 Å². The molecule has 106 valence electrons. The highest BCUT2D eigenvalue weighted by atomic mass is 35.5. The summed E-state index contributed by atoms with van der Waals surface area (Å²) in [5.74, 6) is 0.851. The topological polar surface area (TPSA) is 58.2 Å². The van der Waals surface area contributed by atoms with E-state index in [0.29, 0.717) is 21.9 Å². The fraction of sp³-hybridized carbons (Fsp3) is 0.455. The number of sulfonamides is 1. The number of benzene rings is 1. The lowest BCUT2D eigenvalue weighted by molar-refractivity contribution is 0.565. The zero-order valence-electron chi connectivity index (χ0n) is 9.77. The van der Waals surface area contributed by atoms with Crippen LogP contribution in [0.15, 0.2) is 23.1 Å². The molecule has 0 radical (unpaired) electrons. The minimum absolute atomic E-state index is 0. The highest BCUT2D eigenvalue weighted by Gasteiger charge is 2.54. The quantitative estimate of drug-likeness (QED) is 0.881. The summed E-state index contributed by atoms with van der Waals surface area (Å²) in [6.45, 7) is 1.77. The highest BCUT2D eigenvalue weighted by molar-refractivity contribution is 7.89. The highest BCUT2D eigenvalue weighted by Crippen LogP contribution is 2.42. The summed E-state index contributed by atoms with van der Waals surface area (Å²) in [6.07, 6.45) is 0. The first-order chi connectivity index (χ1) is 8.47. The number of hydrogen-bond acceptors (Lipinski definition) is 3. The van der Waals surface area contributed by atoms with E-state index < -0.39 is 10.0 Å². The molecule has 1 heterocycles. The molecule has 1 aromatic rings. The average Bonchev–Trinajstić information content (AvgIpc) is 2.73. The summed E-state index contributed by atoms with van der Waals surface area (Å²) < 4.78 is 27.1. The lowest BCUT2D eigenvalue weighted by atomic mass is 10.4. The lowest BCUT2D eigenvalue weighted by Gasteiger charge is -2.09. The molecule has 0 aromatic heterocycles. The molecular formula is C11H13Cl3N2O2S. The van der Waals surface area contributed by atoms with Crippen molar-refractivity contribution < 1.29 is 8.42 Å². The molecule has 1 aliphatic heterocycles. The molecule has 2 aliphatic rings. The molecule has 0 spiro atoms. The molecule has 1 aromatic carbocycles. The molecule has 0 amide bonds. The van der Waals surface area contributed by atoms with E-state index >= 15 is 0 Å². The maximum Gasteiger partial charge on any atom is 0.240 e. The van der Waals surface area contributed by atoms with E-state index in [2.05, 4.69) is 10.0 Å². The maximum atomic E-state index is 12.2. The van der Waals surface area contributed by atoms with Crippen LogP contribution < -0.4 is 10.0 Å². The van der Waals surface area contributed by atoms with Crippen LogP contribution in [0.4, 0.5) is 0 Å². The Morgan fingerprint density at radius 3 is 2.16 bits per heavy atom. The fourth-order valence-electron chi connectivity index (χ4n) is 2.52. The minimum atomic E-state index is -3.53. The standard InChI is InChI=1S/C11H12Cl2N2O2S.ClH/c12-6-1-7(13)3-8(2-6)18(16,17)15-11-9-4-14-5-10(9)11;/h1-3,9-11,14-15H,4-5H2;1H. The molecule has 1 saturated heterocycles. The van der Waals surface area contributed by atoms with Crippen molar-refractivity contribution in [3.05, 3.63) is 28.2 Å². The van der Waals surface area contributed by atoms with Crippen molar-refractivity contribution in [2.45, 2.75) is 10.9 Å². The van der Waals surface area contributed by atoms with Crippen molar-refractivity contribution >= 4 is 45.6 Å². The Kier molecular flexibility index (Phi) is 4.35. The Morgan fingerprint density at radius 2 is 1.63 bits per heavy atom. The molecule has 2 atom stereocenters. The van der Waals surface area contributed by atoms with Crippen LogP contribution in [0.3, 0.4) is 0 Å². The van der Waals surface area contributed by atoms with Gasteiger partial charge in [0.2, 0.25) is 10.0 Å². The second-order valence-electron chi connectivity index (χ2n) is 4.74. The van der Waals surface area contributed by atoms with Crippen LogP contribution in [0.2, 0.25) is 10.0 Å². The molecule has 2 unspecified atom stereocenters. The van der Waals surface area contributed by atoms with E-state index in [0.717, 1.165) is 13.1 Å². The van der Waals surface area contributed by atoms with Gasteiger partial charge in [-0.25, -0.2) is 13.1 Å². The third-order valence-electron chi connectivity index (χ3n) is 3.53. The Bertz CT molecular complexity index is 563. The molecule has 4 nitrogen and oxygen atoms in total. The summed E-state index contributed by atoms with van der Waals surface area (Å²) in [5.41, 5.74) is 0. The Morgan fingerprint density at radius 1 is 1.11 bits per heavy atom. The molecule has 1 aliphatic carbocycles. The van der Waals surface area contributed by atoms with Crippen molar-refractivity contribution in [2.75, 3.05) is 13.1 Å². The second kappa shape index (κ2) is 5.39. The first-order valence-electron chi connectivity index (χ1n) is 5.66. The predicted octanol–water partition coefficient (Wildman–Crippen LogP) is 1.91. The van der Waals surface area contributed by atoms with Crippen LogP contribution in [0.1, 0.15) is 0 Å². The molecule has 19 heavy (non-hydrogen) atoms. The minimum Gasteiger partial charge on any atom is -0.316 e. The Balaban J connectivity index is 0.00000133. The van der Waals surface area contributed by atoms with Crippen LogP contribution in [0.25, 0.3) is 0 Å². The second-order valence-corrected chi connectivity index (χ2v) is 7.33. The molecule has 0 bridgehead atoms. The van der Waals surface area contributed by atoms with Gasteiger partial charge in [-0.15, -0.1) is 12.4 Å². The maximum absolute atomic E-state index is 12.2. The molecule has 1 saturated carbocycles. The molecule has 3 rings (SSSR count). The summed E-state index contributed by atoms with van der Waals surface area (Å²) >= 11 is 11.6. The normalized spacial score (nSPS) is 28.6. The Hall–Kier alpha value is -0.0400. The summed E-state index contributed by atoms with van der Waals surface area (Å²) in [7, 11) is -3.53. The van der Waals surface area contributed by atoms with E-state index in [1.54, 1.807) is 0 Å². The van der Waals surface area contributed by atoms with Gasteiger partial charge < -0.3 is 5.32 Å². The number of hydrogen-bond donors (Lipinski definition) is 2. The van der Waals surface area contributed by atoms with Gasteiger partial charge in [0, 0.05) is 16.1 Å². The van der Waals surface area contributed by atoms with Gasteiger partial charge in [-0.1, -0.05) is 23.2 Å². The number of piperidine rings is 1.